The van der Waals surface area contributed by atoms with Crippen molar-refractivity contribution in [1.82, 2.24) is 4.90 Å². The molecule has 2 N–H and O–H groups in total. The first-order chi connectivity index (χ1) is 9.60. The van der Waals surface area contributed by atoms with E-state index in [9.17, 15) is 13.6 Å². The molecule has 1 aliphatic rings. The third kappa shape index (κ3) is 3.76. The molecular formula is C15H20F2N2O. The van der Waals surface area contributed by atoms with Crippen LogP contribution in [0.4, 0.5) is 8.78 Å². The lowest BCUT2D eigenvalue weighted by Crippen LogP contribution is -2.42. The molecule has 2 rings (SSSR count). The average molecular weight is 282 g/mol. The van der Waals surface area contributed by atoms with E-state index in [0.29, 0.717) is 12.3 Å². The summed E-state index contributed by atoms with van der Waals surface area (Å²) in [7, 11) is 0. The predicted octanol–water partition coefficient (Wildman–Crippen LogP) is 2.09. The Balaban J connectivity index is 1.87. The predicted molar refractivity (Wildman–Crippen MR) is 73.0 cm³/mol. The first-order valence-electron chi connectivity index (χ1n) is 7.02. The van der Waals surface area contributed by atoms with Gasteiger partial charge in [-0.05, 0) is 49.3 Å². The Morgan fingerprint density at radius 3 is 2.85 bits per heavy atom. The Labute approximate surface area is 117 Å². The van der Waals surface area contributed by atoms with Gasteiger partial charge in [-0.2, -0.15) is 0 Å². The van der Waals surface area contributed by atoms with Gasteiger partial charge in [0.25, 0.3) is 0 Å². The molecule has 0 spiro atoms. The van der Waals surface area contributed by atoms with Crippen LogP contribution in [0.3, 0.4) is 0 Å². The van der Waals surface area contributed by atoms with Crippen molar-refractivity contribution in [3.05, 3.63) is 35.4 Å². The number of piperidine rings is 1. The van der Waals surface area contributed by atoms with Gasteiger partial charge in [-0.15, -0.1) is 0 Å². The molecule has 0 aromatic heterocycles. The highest BCUT2D eigenvalue weighted by molar-refractivity contribution is 5.78. The van der Waals surface area contributed by atoms with Crippen molar-refractivity contribution >= 4 is 5.91 Å². The summed E-state index contributed by atoms with van der Waals surface area (Å²) in [5, 5.41) is 0. The Morgan fingerprint density at radius 2 is 2.15 bits per heavy atom. The molecule has 0 saturated carbocycles. The van der Waals surface area contributed by atoms with E-state index in [1.54, 1.807) is 11.0 Å². The monoisotopic (exact) mass is 282 g/mol. The summed E-state index contributed by atoms with van der Waals surface area (Å²) in [6, 6.07) is 4.03. The minimum Gasteiger partial charge on any atom is -0.341 e. The molecule has 0 aliphatic carbocycles. The lowest BCUT2D eigenvalue weighted by molar-refractivity contribution is -0.131. The van der Waals surface area contributed by atoms with E-state index in [2.05, 4.69) is 0 Å². The minimum atomic E-state index is -0.814. The number of carbonyl (C=O) groups is 1. The van der Waals surface area contributed by atoms with Gasteiger partial charge in [0.2, 0.25) is 5.91 Å². The van der Waals surface area contributed by atoms with E-state index >= 15 is 0 Å². The molecule has 3 nitrogen and oxygen atoms in total. The maximum Gasteiger partial charge on any atom is 0.236 e. The van der Waals surface area contributed by atoms with Gasteiger partial charge in [0.15, 0.2) is 11.6 Å². The van der Waals surface area contributed by atoms with Crippen molar-refractivity contribution in [3.63, 3.8) is 0 Å². The van der Waals surface area contributed by atoms with Gasteiger partial charge in [-0.25, -0.2) is 8.78 Å². The van der Waals surface area contributed by atoms with Gasteiger partial charge >= 0.3 is 0 Å². The molecule has 20 heavy (non-hydrogen) atoms. The molecule has 1 heterocycles. The first-order valence-corrected chi connectivity index (χ1v) is 7.02. The number of nitrogens with zero attached hydrogens (tertiary/aromatic N) is 1. The van der Waals surface area contributed by atoms with Gasteiger partial charge in [0.1, 0.15) is 0 Å². The molecular weight excluding hydrogens is 262 g/mol. The number of benzene rings is 1. The van der Waals surface area contributed by atoms with Crippen molar-refractivity contribution in [2.24, 2.45) is 11.7 Å². The minimum absolute atomic E-state index is 0.0115. The zero-order chi connectivity index (χ0) is 14.5. The maximum atomic E-state index is 13.1. The molecule has 0 unspecified atom stereocenters. The average Bonchev–Trinajstić information content (AvgIpc) is 2.48. The molecule has 1 aromatic carbocycles. The Morgan fingerprint density at radius 1 is 1.35 bits per heavy atom. The number of carbonyl (C=O) groups excluding carboxylic acids is 1. The van der Waals surface area contributed by atoms with Crippen LogP contribution in [-0.4, -0.2) is 30.4 Å². The summed E-state index contributed by atoms with van der Waals surface area (Å²) in [6.45, 7) is 1.55. The summed E-state index contributed by atoms with van der Waals surface area (Å²) < 4.78 is 26.0. The van der Waals surface area contributed by atoms with Crippen LogP contribution in [0, 0.1) is 17.6 Å². The number of hydrogen-bond donors (Lipinski definition) is 1. The molecule has 1 atom stereocenters. The number of nitrogens with two attached hydrogens (primary N) is 1. The SMILES string of the molecule is NCC(=O)N1CCC[C@@H](CCc2ccc(F)c(F)c2)C1. The van der Waals surface area contributed by atoms with Crippen LogP contribution in [-0.2, 0) is 11.2 Å². The topological polar surface area (TPSA) is 46.3 Å². The van der Waals surface area contributed by atoms with E-state index < -0.39 is 11.6 Å². The van der Waals surface area contributed by atoms with E-state index in [0.717, 1.165) is 44.0 Å². The van der Waals surface area contributed by atoms with Gasteiger partial charge < -0.3 is 10.6 Å². The largest absolute Gasteiger partial charge is 0.341 e. The van der Waals surface area contributed by atoms with Crippen LogP contribution in [0.5, 0.6) is 0 Å². The van der Waals surface area contributed by atoms with Crippen molar-refractivity contribution in [2.45, 2.75) is 25.7 Å². The quantitative estimate of drug-likeness (QED) is 0.919. The van der Waals surface area contributed by atoms with Gasteiger partial charge in [0, 0.05) is 13.1 Å². The van der Waals surface area contributed by atoms with E-state index in [4.69, 9.17) is 5.73 Å². The zero-order valence-corrected chi connectivity index (χ0v) is 11.4. The summed E-state index contributed by atoms with van der Waals surface area (Å²) in [6.07, 6.45) is 3.62. The maximum absolute atomic E-state index is 13.1. The molecule has 110 valence electrons. The fraction of sp³-hybridized carbons (Fsp3) is 0.533. The third-order valence-corrected chi connectivity index (χ3v) is 3.87. The smallest absolute Gasteiger partial charge is 0.236 e. The van der Waals surface area contributed by atoms with Crippen LogP contribution >= 0.6 is 0 Å². The second-order valence-corrected chi connectivity index (χ2v) is 5.34. The highest BCUT2D eigenvalue weighted by Gasteiger charge is 2.22. The first kappa shape index (κ1) is 14.9. The van der Waals surface area contributed by atoms with E-state index in [1.807, 2.05) is 0 Å². The summed E-state index contributed by atoms with van der Waals surface area (Å²) in [5.74, 6) is -1.22. The number of aryl methyl sites for hydroxylation is 1. The lowest BCUT2D eigenvalue weighted by Gasteiger charge is -2.32. The number of rotatable bonds is 4. The molecule has 1 aromatic rings. The van der Waals surface area contributed by atoms with Crippen LogP contribution in [0.2, 0.25) is 0 Å². The van der Waals surface area contributed by atoms with Gasteiger partial charge in [-0.1, -0.05) is 6.07 Å². The highest BCUT2D eigenvalue weighted by Crippen LogP contribution is 2.22. The molecule has 0 bridgehead atoms. The molecule has 1 fully saturated rings. The molecule has 5 heteroatoms. The lowest BCUT2D eigenvalue weighted by atomic mass is 9.91. The summed E-state index contributed by atoms with van der Waals surface area (Å²) >= 11 is 0. The van der Waals surface area contributed by atoms with Crippen molar-refractivity contribution in [3.8, 4) is 0 Å². The van der Waals surface area contributed by atoms with E-state index in [-0.39, 0.29) is 12.5 Å². The van der Waals surface area contributed by atoms with Crippen LogP contribution in [0.15, 0.2) is 18.2 Å². The van der Waals surface area contributed by atoms with Gasteiger partial charge in [-0.3, -0.25) is 4.79 Å². The standard InChI is InChI=1S/C15H20F2N2O/c16-13-6-5-11(8-14(13)17)3-4-12-2-1-7-19(10-12)15(20)9-18/h5-6,8,12H,1-4,7,9-10,18H2/t12-/m0/s1. The third-order valence-electron chi connectivity index (χ3n) is 3.87. The fourth-order valence-corrected chi connectivity index (χ4v) is 2.72. The molecule has 1 aliphatic heterocycles. The second-order valence-electron chi connectivity index (χ2n) is 5.34. The summed E-state index contributed by atoms with van der Waals surface area (Å²) in [4.78, 5) is 13.4. The molecule has 1 saturated heterocycles. The normalized spacial score (nSPS) is 19.1. The molecule has 0 radical (unpaired) electrons. The number of likely N-dealkylation sites (tertiary alicyclic amines) is 1. The zero-order valence-electron chi connectivity index (χ0n) is 11.4. The number of halogens is 2. The van der Waals surface area contributed by atoms with Crippen LogP contribution in [0.25, 0.3) is 0 Å². The molecule has 1 amide bonds. The van der Waals surface area contributed by atoms with Gasteiger partial charge in [0.05, 0.1) is 6.54 Å². The van der Waals surface area contributed by atoms with Crippen molar-refractivity contribution in [1.29, 1.82) is 0 Å². The summed E-state index contributed by atoms with van der Waals surface area (Å²) in [5.41, 5.74) is 6.17. The van der Waals surface area contributed by atoms with Crippen molar-refractivity contribution in [2.75, 3.05) is 19.6 Å². The second kappa shape index (κ2) is 6.79. The Bertz CT molecular complexity index is 479. The number of amides is 1. The van der Waals surface area contributed by atoms with Crippen LogP contribution < -0.4 is 5.73 Å². The van der Waals surface area contributed by atoms with Crippen LogP contribution in [0.1, 0.15) is 24.8 Å². The highest BCUT2D eigenvalue weighted by atomic mass is 19.2. The Kier molecular flexibility index (Phi) is 5.06. The fourth-order valence-electron chi connectivity index (χ4n) is 2.72. The van der Waals surface area contributed by atoms with Crippen molar-refractivity contribution < 1.29 is 13.6 Å². The van der Waals surface area contributed by atoms with E-state index in [1.165, 1.54) is 6.07 Å². The Hall–Kier alpha value is -1.49. The number of hydrogen-bond acceptors (Lipinski definition) is 2.